The van der Waals surface area contributed by atoms with E-state index in [4.69, 9.17) is 19.8 Å². The van der Waals surface area contributed by atoms with Gasteiger partial charge in [0.25, 0.3) is 5.89 Å². The molecule has 3 N–H and O–H groups in total. The summed E-state index contributed by atoms with van der Waals surface area (Å²) in [7, 11) is 0. The molecule has 0 aromatic carbocycles. The van der Waals surface area contributed by atoms with Crippen molar-refractivity contribution in [1.82, 2.24) is 15.1 Å². The maximum absolute atomic E-state index is 8.80. The van der Waals surface area contributed by atoms with Gasteiger partial charge in [-0.15, -0.1) is 0 Å². The third kappa shape index (κ3) is 1.74. The maximum atomic E-state index is 8.80. The van der Waals surface area contributed by atoms with Gasteiger partial charge in [-0.1, -0.05) is 5.16 Å². The lowest BCUT2D eigenvalue weighted by Gasteiger charge is -1.98. The molecule has 0 saturated heterocycles. The molecule has 1 atom stereocenters. The number of hydrogen-bond donors (Lipinski definition) is 2. The monoisotopic (exact) mass is 210 g/mol. The van der Waals surface area contributed by atoms with Gasteiger partial charge in [-0.05, 0) is 6.92 Å². The van der Waals surface area contributed by atoms with Crippen LogP contribution in [-0.2, 0) is 0 Å². The third-order valence-corrected chi connectivity index (χ3v) is 1.91. The SMILES string of the molecule is Cc1ncoc1-c1nc(C(N)CO)no1. The van der Waals surface area contributed by atoms with Gasteiger partial charge in [0.2, 0.25) is 5.76 Å². The zero-order chi connectivity index (χ0) is 10.8. The molecule has 0 fully saturated rings. The third-order valence-electron chi connectivity index (χ3n) is 1.91. The Labute approximate surface area is 84.9 Å². The van der Waals surface area contributed by atoms with E-state index in [1.165, 1.54) is 6.39 Å². The van der Waals surface area contributed by atoms with Crippen LogP contribution in [0.25, 0.3) is 11.7 Å². The first-order valence-corrected chi connectivity index (χ1v) is 4.33. The number of hydrogen-bond acceptors (Lipinski definition) is 7. The van der Waals surface area contributed by atoms with Crippen molar-refractivity contribution in [3.63, 3.8) is 0 Å². The second-order valence-corrected chi connectivity index (χ2v) is 3.01. The van der Waals surface area contributed by atoms with Crippen molar-refractivity contribution in [1.29, 1.82) is 0 Å². The molecule has 0 bridgehead atoms. The van der Waals surface area contributed by atoms with Crippen molar-refractivity contribution in [2.45, 2.75) is 13.0 Å². The van der Waals surface area contributed by atoms with E-state index in [1.807, 2.05) is 0 Å². The molecule has 1 unspecified atom stereocenters. The molecular formula is C8H10N4O3. The lowest BCUT2D eigenvalue weighted by atomic mass is 10.3. The van der Waals surface area contributed by atoms with E-state index in [2.05, 4.69) is 15.1 Å². The van der Waals surface area contributed by atoms with Crippen LogP contribution in [0.3, 0.4) is 0 Å². The van der Waals surface area contributed by atoms with Crippen molar-refractivity contribution >= 4 is 0 Å². The first-order chi connectivity index (χ1) is 7.22. The highest BCUT2D eigenvalue weighted by atomic mass is 16.5. The quantitative estimate of drug-likeness (QED) is 0.734. The Balaban J connectivity index is 2.32. The maximum Gasteiger partial charge on any atom is 0.295 e. The van der Waals surface area contributed by atoms with E-state index >= 15 is 0 Å². The van der Waals surface area contributed by atoms with Gasteiger partial charge >= 0.3 is 0 Å². The lowest BCUT2D eigenvalue weighted by molar-refractivity contribution is 0.260. The minimum atomic E-state index is -0.647. The van der Waals surface area contributed by atoms with Crippen molar-refractivity contribution < 1.29 is 14.0 Å². The van der Waals surface area contributed by atoms with Gasteiger partial charge in [0.1, 0.15) is 0 Å². The van der Waals surface area contributed by atoms with Gasteiger partial charge in [-0.2, -0.15) is 4.98 Å². The summed E-state index contributed by atoms with van der Waals surface area (Å²) in [5.41, 5.74) is 6.17. The van der Waals surface area contributed by atoms with Gasteiger partial charge in [0.15, 0.2) is 12.2 Å². The van der Waals surface area contributed by atoms with Crippen LogP contribution in [0.2, 0.25) is 0 Å². The largest absolute Gasteiger partial charge is 0.438 e. The zero-order valence-corrected chi connectivity index (χ0v) is 8.04. The highest BCUT2D eigenvalue weighted by Gasteiger charge is 2.18. The second kappa shape index (κ2) is 3.79. The summed E-state index contributed by atoms with van der Waals surface area (Å²) >= 11 is 0. The van der Waals surface area contributed by atoms with Crippen LogP contribution in [0.5, 0.6) is 0 Å². The Morgan fingerprint density at radius 2 is 2.40 bits per heavy atom. The summed E-state index contributed by atoms with van der Waals surface area (Å²) in [5, 5.41) is 12.4. The van der Waals surface area contributed by atoms with Gasteiger partial charge in [0, 0.05) is 0 Å². The summed E-state index contributed by atoms with van der Waals surface area (Å²) in [6.07, 6.45) is 1.29. The van der Waals surface area contributed by atoms with E-state index in [1.54, 1.807) is 6.92 Å². The normalized spacial score (nSPS) is 13.0. The van der Waals surface area contributed by atoms with Crippen LogP contribution in [-0.4, -0.2) is 26.8 Å². The molecule has 7 nitrogen and oxygen atoms in total. The Morgan fingerprint density at radius 3 is 3.00 bits per heavy atom. The molecular weight excluding hydrogens is 200 g/mol. The molecule has 80 valence electrons. The average molecular weight is 210 g/mol. The van der Waals surface area contributed by atoms with Crippen molar-refractivity contribution in [3.05, 3.63) is 17.9 Å². The number of nitrogens with two attached hydrogens (primary N) is 1. The molecule has 0 spiro atoms. The number of aliphatic hydroxyl groups excluding tert-OH is 1. The minimum absolute atomic E-state index is 0.212. The number of oxazole rings is 1. The molecule has 2 aromatic heterocycles. The predicted molar refractivity (Wildman–Crippen MR) is 48.5 cm³/mol. The second-order valence-electron chi connectivity index (χ2n) is 3.01. The number of aryl methyl sites for hydroxylation is 1. The van der Waals surface area contributed by atoms with Gasteiger partial charge < -0.3 is 19.8 Å². The Kier molecular flexibility index (Phi) is 2.48. The smallest absolute Gasteiger partial charge is 0.295 e. The van der Waals surface area contributed by atoms with Crippen LogP contribution in [0.1, 0.15) is 17.6 Å². The van der Waals surface area contributed by atoms with E-state index in [-0.39, 0.29) is 18.3 Å². The van der Waals surface area contributed by atoms with Gasteiger partial charge in [0.05, 0.1) is 18.3 Å². The first-order valence-electron chi connectivity index (χ1n) is 4.33. The summed E-state index contributed by atoms with van der Waals surface area (Å²) < 4.78 is 9.99. The molecule has 2 aromatic rings. The molecule has 0 amide bonds. The van der Waals surface area contributed by atoms with Crippen LogP contribution in [0.4, 0.5) is 0 Å². The first kappa shape index (κ1) is 9.81. The summed E-state index contributed by atoms with van der Waals surface area (Å²) in [4.78, 5) is 7.88. The average Bonchev–Trinajstić information content (AvgIpc) is 2.84. The molecule has 0 saturated carbocycles. The zero-order valence-electron chi connectivity index (χ0n) is 8.04. The predicted octanol–water partition coefficient (Wildman–Crippen LogP) is 0.0251. The molecule has 15 heavy (non-hydrogen) atoms. The molecule has 0 radical (unpaired) electrons. The van der Waals surface area contributed by atoms with Gasteiger partial charge in [-0.3, -0.25) is 0 Å². The number of aliphatic hydroxyl groups is 1. The number of rotatable bonds is 3. The molecule has 0 aliphatic rings. The van der Waals surface area contributed by atoms with Crippen molar-refractivity contribution in [2.75, 3.05) is 6.61 Å². The molecule has 2 rings (SSSR count). The molecule has 2 heterocycles. The fourth-order valence-corrected chi connectivity index (χ4v) is 1.07. The van der Waals surface area contributed by atoms with E-state index in [0.717, 1.165) is 0 Å². The lowest BCUT2D eigenvalue weighted by Crippen LogP contribution is -2.15. The van der Waals surface area contributed by atoms with Crippen molar-refractivity contribution in [3.8, 4) is 11.7 Å². The minimum Gasteiger partial charge on any atom is -0.438 e. The Morgan fingerprint density at radius 1 is 1.60 bits per heavy atom. The summed E-state index contributed by atoms with van der Waals surface area (Å²) in [6, 6.07) is -0.647. The highest BCUT2D eigenvalue weighted by molar-refractivity contribution is 5.46. The fourth-order valence-electron chi connectivity index (χ4n) is 1.07. The molecule has 0 aliphatic heterocycles. The van der Waals surface area contributed by atoms with Crippen LogP contribution < -0.4 is 5.73 Å². The van der Waals surface area contributed by atoms with E-state index in [9.17, 15) is 0 Å². The van der Waals surface area contributed by atoms with E-state index in [0.29, 0.717) is 11.5 Å². The van der Waals surface area contributed by atoms with Crippen LogP contribution in [0, 0.1) is 6.92 Å². The number of nitrogens with zero attached hydrogens (tertiary/aromatic N) is 3. The Bertz CT molecular complexity index is 450. The van der Waals surface area contributed by atoms with Crippen molar-refractivity contribution in [2.24, 2.45) is 5.73 Å². The highest BCUT2D eigenvalue weighted by Crippen LogP contribution is 2.21. The fraction of sp³-hybridized carbons (Fsp3) is 0.375. The van der Waals surface area contributed by atoms with Crippen LogP contribution >= 0.6 is 0 Å². The Hall–Kier alpha value is -1.73. The van der Waals surface area contributed by atoms with Crippen LogP contribution in [0.15, 0.2) is 15.3 Å². The van der Waals surface area contributed by atoms with E-state index < -0.39 is 6.04 Å². The number of aromatic nitrogens is 3. The standard InChI is InChI=1S/C8H10N4O3/c1-4-6(14-3-10-4)8-11-7(12-15-8)5(9)2-13/h3,5,13H,2,9H2,1H3. The topological polar surface area (TPSA) is 111 Å². The van der Waals surface area contributed by atoms with Gasteiger partial charge in [-0.25, -0.2) is 4.98 Å². The molecule has 0 aliphatic carbocycles. The summed E-state index contributed by atoms with van der Waals surface area (Å²) in [6.45, 7) is 1.52. The molecule has 7 heteroatoms. The summed E-state index contributed by atoms with van der Waals surface area (Å²) in [5.74, 6) is 0.867.